The van der Waals surface area contributed by atoms with Gasteiger partial charge in [0.2, 0.25) is 11.7 Å². The third kappa shape index (κ3) is 9.30. The summed E-state index contributed by atoms with van der Waals surface area (Å²) in [6, 6.07) is 9.13. The number of hydrogen-bond donors (Lipinski definition) is 1. The van der Waals surface area contributed by atoms with E-state index in [2.05, 4.69) is 67.7 Å². The fourth-order valence-corrected chi connectivity index (χ4v) is 5.29. The summed E-state index contributed by atoms with van der Waals surface area (Å²) in [4.78, 5) is 40.4. The monoisotopic (exact) mass is 570 g/mol. The van der Waals surface area contributed by atoms with Crippen LogP contribution in [-0.4, -0.2) is 35.6 Å². The minimum absolute atomic E-state index is 0.0657. The molecule has 1 aromatic rings. The molecule has 6 heteroatoms. The number of hydrogen-bond acceptors (Lipinski definition) is 4. The number of carbonyl (C=O) groups excluding carboxylic acids is 3. The zero-order valence-corrected chi connectivity index (χ0v) is 25.2. The highest BCUT2D eigenvalue weighted by atomic mass is 16.5. The van der Waals surface area contributed by atoms with E-state index in [0.717, 1.165) is 44.9 Å². The standard InChI is InChI=1S/C36H46N2O4/c1-3-4-5-6-7-8-9-10-11-12-13-14-15-16-17-18-22-25-31(39)38-27-26-29(28-38)32-33(35(37)41)42-36(2,34(32)40)30-23-20-19-21-24-30/h4-5,7-8,10-11,13-14,16-17,19-21,23-24,29H,3,6,9,12,15,18,22,25-28H2,1-2H3,(H2,37,41)/b5-4-,8-7-,11-10-,14-13-,17-16-/t29-,36?/m1/s1. The van der Waals surface area contributed by atoms with Crippen molar-refractivity contribution in [3.8, 4) is 0 Å². The smallest absolute Gasteiger partial charge is 0.284 e. The maximum absolute atomic E-state index is 13.5. The molecule has 224 valence electrons. The summed E-state index contributed by atoms with van der Waals surface area (Å²) < 4.78 is 5.93. The van der Waals surface area contributed by atoms with E-state index in [1.807, 2.05) is 18.2 Å². The van der Waals surface area contributed by atoms with Gasteiger partial charge in [-0.2, -0.15) is 0 Å². The van der Waals surface area contributed by atoms with Crippen LogP contribution in [0.15, 0.2) is 102 Å². The molecule has 2 aliphatic rings. The van der Waals surface area contributed by atoms with Gasteiger partial charge in [0.25, 0.3) is 5.91 Å². The Labute approximate surface area is 251 Å². The van der Waals surface area contributed by atoms with Crippen molar-refractivity contribution in [2.45, 2.75) is 77.2 Å². The number of likely N-dealkylation sites (tertiary alicyclic amines) is 1. The van der Waals surface area contributed by atoms with Crippen LogP contribution in [0, 0.1) is 5.92 Å². The van der Waals surface area contributed by atoms with Gasteiger partial charge in [0, 0.05) is 31.0 Å². The summed E-state index contributed by atoms with van der Waals surface area (Å²) in [5.41, 5.74) is 5.32. The predicted octanol–water partition coefficient (Wildman–Crippen LogP) is 7.01. The van der Waals surface area contributed by atoms with E-state index in [9.17, 15) is 14.4 Å². The summed E-state index contributed by atoms with van der Waals surface area (Å²) in [5.74, 6) is -1.26. The van der Waals surface area contributed by atoms with E-state index < -0.39 is 11.5 Å². The van der Waals surface area contributed by atoms with Gasteiger partial charge in [-0.3, -0.25) is 14.4 Å². The molecule has 6 nitrogen and oxygen atoms in total. The van der Waals surface area contributed by atoms with E-state index >= 15 is 0 Å². The number of amides is 2. The fourth-order valence-electron chi connectivity index (χ4n) is 5.29. The van der Waals surface area contributed by atoms with Gasteiger partial charge in [-0.15, -0.1) is 0 Å². The Bertz CT molecular complexity index is 1240. The molecule has 1 fully saturated rings. The molecular weight excluding hydrogens is 524 g/mol. The molecule has 2 N–H and O–H groups in total. The van der Waals surface area contributed by atoms with E-state index in [1.165, 1.54) is 0 Å². The summed E-state index contributed by atoms with van der Waals surface area (Å²) >= 11 is 0. The maximum Gasteiger partial charge on any atom is 0.284 e. The minimum Gasteiger partial charge on any atom is -0.468 e. The van der Waals surface area contributed by atoms with Crippen LogP contribution in [0.2, 0.25) is 0 Å². The molecule has 1 unspecified atom stereocenters. The number of allylic oxidation sites excluding steroid dienone is 10. The van der Waals surface area contributed by atoms with Gasteiger partial charge in [0.15, 0.2) is 11.4 Å². The van der Waals surface area contributed by atoms with Crippen molar-refractivity contribution < 1.29 is 19.1 Å². The highest BCUT2D eigenvalue weighted by Gasteiger charge is 2.51. The average molecular weight is 571 g/mol. The van der Waals surface area contributed by atoms with E-state index in [4.69, 9.17) is 10.5 Å². The van der Waals surface area contributed by atoms with Crippen LogP contribution >= 0.6 is 0 Å². The summed E-state index contributed by atoms with van der Waals surface area (Å²) in [6.45, 7) is 4.76. The molecule has 1 saturated heterocycles. The second-order valence-corrected chi connectivity index (χ2v) is 10.9. The van der Waals surface area contributed by atoms with Gasteiger partial charge in [-0.1, -0.05) is 98.0 Å². The summed E-state index contributed by atoms with van der Waals surface area (Å²) in [7, 11) is 0. The molecule has 2 aliphatic heterocycles. The Hall–Kier alpha value is -3.93. The van der Waals surface area contributed by atoms with Crippen LogP contribution in [0.4, 0.5) is 0 Å². The lowest BCUT2D eigenvalue weighted by atomic mass is 9.84. The first kappa shape index (κ1) is 32.6. The number of rotatable bonds is 16. The fraction of sp³-hybridized carbons (Fsp3) is 0.417. The molecule has 2 amide bonds. The maximum atomic E-state index is 13.5. The molecule has 42 heavy (non-hydrogen) atoms. The molecule has 0 spiro atoms. The zero-order valence-electron chi connectivity index (χ0n) is 25.2. The molecule has 0 bridgehead atoms. The molecular formula is C36H46N2O4. The number of primary amides is 1. The van der Waals surface area contributed by atoms with Crippen molar-refractivity contribution in [1.82, 2.24) is 4.90 Å². The topological polar surface area (TPSA) is 89.7 Å². The predicted molar refractivity (Wildman–Crippen MR) is 169 cm³/mol. The summed E-state index contributed by atoms with van der Waals surface area (Å²) in [6.07, 6.45) is 29.3. The SMILES string of the molecule is CC/C=C\C/C=C\C/C=C\C/C=C\C/C=C\CCCC(=O)N1CC[C@@H](C2=C(C(N)=O)OC(C)(c3ccccc3)C2=O)C1. The lowest BCUT2D eigenvalue weighted by Gasteiger charge is -2.24. The van der Waals surface area contributed by atoms with Gasteiger partial charge >= 0.3 is 0 Å². The molecule has 2 heterocycles. The van der Waals surface area contributed by atoms with Crippen molar-refractivity contribution in [3.63, 3.8) is 0 Å². The highest BCUT2D eigenvalue weighted by Crippen LogP contribution is 2.43. The van der Waals surface area contributed by atoms with Crippen LogP contribution in [0.5, 0.6) is 0 Å². The van der Waals surface area contributed by atoms with Crippen molar-refractivity contribution in [3.05, 3.63) is 108 Å². The number of ether oxygens (including phenoxy) is 1. The van der Waals surface area contributed by atoms with Gasteiger partial charge < -0.3 is 15.4 Å². The van der Waals surface area contributed by atoms with E-state index in [1.54, 1.807) is 24.0 Å². The van der Waals surface area contributed by atoms with Crippen molar-refractivity contribution >= 4 is 17.6 Å². The number of nitrogens with zero attached hydrogens (tertiary/aromatic N) is 1. The van der Waals surface area contributed by atoms with Gasteiger partial charge in [-0.05, 0) is 58.3 Å². The Kier molecular flexibility index (Phi) is 13.3. The molecule has 1 aromatic carbocycles. The minimum atomic E-state index is -1.29. The molecule has 0 aliphatic carbocycles. The van der Waals surface area contributed by atoms with Gasteiger partial charge in [0.1, 0.15) is 0 Å². The molecule has 0 aromatic heterocycles. The zero-order chi connectivity index (χ0) is 30.2. The largest absolute Gasteiger partial charge is 0.468 e. The van der Waals surface area contributed by atoms with E-state index in [0.29, 0.717) is 37.1 Å². The van der Waals surface area contributed by atoms with Crippen LogP contribution in [-0.2, 0) is 24.7 Å². The average Bonchev–Trinajstić information content (AvgIpc) is 3.58. The lowest BCUT2D eigenvalue weighted by molar-refractivity contribution is -0.133. The highest BCUT2D eigenvalue weighted by molar-refractivity contribution is 6.11. The van der Waals surface area contributed by atoms with Crippen molar-refractivity contribution in [2.24, 2.45) is 11.7 Å². The van der Waals surface area contributed by atoms with Crippen LogP contribution < -0.4 is 5.73 Å². The number of nitrogens with two attached hydrogens (primary N) is 1. The number of benzene rings is 1. The quantitative estimate of drug-likeness (QED) is 0.171. The lowest BCUT2D eigenvalue weighted by Crippen LogP contribution is -2.33. The Morgan fingerprint density at radius 3 is 2.07 bits per heavy atom. The van der Waals surface area contributed by atoms with Crippen LogP contribution in [0.3, 0.4) is 0 Å². The molecule has 3 rings (SSSR count). The molecule has 0 saturated carbocycles. The first-order chi connectivity index (χ1) is 20.4. The first-order valence-electron chi connectivity index (χ1n) is 15.2. The number of Topliss-reactive ketones (excluding diaryl/α,β-unsaturated/α-hetero) is 1. The second-order valence-electron chi connectivity index (χ2n) is 10.9. The number of ketones is 1. The summed E-state index contributed by atoms with van der Waals surface area (Å²) in [5, 5.41) is 0. The number of unbranched alkanes of at least 4 members (excludes halogenated alkanes) is 1. The van der Waals surface area contributed by atoms with Crippen LogP contribution in [0.25, 0.3) is 0 Å². The normalized spacial score (nSPS) is 21.3. The molecule has 0 radical (unpaired) electrons. The Morgan fingerprint density at radius 2 is 1.50 bits per heavy atom. The second kappa shape index (κ2) is 17.1. The van der Waals surface area contributed by atoms with Crippen molar-refractivity contribution in [1.29, 1.82) is 0 Å². The van der Waals surface area contributed by atoms with Crippen LogP contribution in [0.1, 0.15) is 77.2 Å². The van der Waals surface area contributed by atoms with Gasteiger partial charge in [0.05, 0.1) is 5.57 Å². The van der Waals surface area contributed by atoms with Crippen molar-refractivity contribution in [2.75, 3.05) is 13.1 Å². The van der Waals surface area contributed by atoms with E-state index in [-0.39, 0.29) is 23.4 Å². The third-order valence-electron chi connectivity index (χ3n) is 7.65. The van der Waals surface area contributed by atoms with Gasteiger partial charge in [-0.25, -0.2) is 0 Å². The Balaban J connectivity index is 1.36. The third-order valence-corrected chi connectivity index (χ3v) is 7.65. The molecule has 2 atom stereocenters. The number of carbonyl (C=O) groups is 3. The Morgan fingerprint density at radius 1 is 0.929 bits per heavy atom. The first-order valence-corrected chi connectivity index (χ1v) is 15.2.